The lowest BCUT2D eigenvalue weighted by atomic mass is 10.1. The van der Waals surface area contributed by atoms with Crippen molar-refractivity contribution in [1.82, 2.24) is 9.78 Å². The summed E-state index contributed by atoms with van der Waals surface area (Å²) in [5.74, 6) is 0.754. The van der Waals surface area contributed by atoms with Crippen molar-refractivity contribution >= 4 is 33.8 Å². The molecular formula is C27H20N2O2. The van der Waals surface area contributed by atoms with Crippen molar-refractivity contribution < 1.29 is 4.74 Å². The molecule has 0 aliphatic rings. The van der Waals surface area contributed by atoms with Crippen LogP contribution in [0.4, 0.5) is 0 Å². The van der Waals surface area contributed by atoms with Crippen LogP contribution < -0.4 is 10.2 Å². The largest absolute Gasteiger partial charge is 0.497 e. The second-order valence-corrected chi connectivity index (χ2v) is 7.28. The standard InChI is InChI=1S/C27H20N2O2/c1-31-23-15-13-22(14-16-23)29-27-24(8-4-5-9-26(27)30)25(28-29)17-11-19-10-12-20-6-2-3-7-21(20)18-19/h2-18H,1H3/b17-11+. The molecule has 0 aliphatic heterocycles. The molecule has 5 rings (SSSR count). The molecule has 4 heteroatoms. The van der Waals surface area contributed by atoms with Gasteiger partial charge in [-0.1, -0.05) is 60.7 Å². The molecular weight excluding hydrogens is 384 g/mol. The summed E-state index contributed by atoms with van der Waals surface area (Å²) in [5, 5.41) is 7.97. The van der Waals surface area contributed by atoms with Crippen LogP contribution in [-0.2, 0) is 0 Å². The van der Waals surface area contributed by atoms with E-state index in [1.165, 1.54) is 10.8 Å². The van der Waals surface area contributed by atoms with Crippen LogP contribution in [0, 0.1) is 0 Å². The van der Waals surface area contributed by atoms with Gasteiger partial charge in [0.1, 0.15) is 11.3 Å². The van der Waals surface area contributed by atoms with Crippen LogP contribution in [0.15, 0.2) is 95.8 Å². The molecule has 0 N–H and O–H groups in total. The molecule has 0 spiro atoms. The highest BCUT2D eigenvalue weighted by molar-refractivity contribution is 5.91. The first kappa shape index (κ1) is 18.8. The smallest absolute Gasteiger partial charge is 0.204 e. The first-order valence-corrected chi connectivity index (χ1v) is 10.1. The predicted octanol–water partition coefficient (Wildman–Crippen LogP) is 5.72. The zero-order valence-corrected chi connectivity index (χ0v) is 17.0. The van der Waals surface area contributed by atoms with Crippen LogP contribution >= 0.6 is 0 Å². The van der Waals surface area contributed by atoms with Crippen molar-refractivity contribution in [3.63, 3.8) is 0 Å². The Morgan fingerprint density at radius 1 is 0.806 bits per heavy atom. The number of methoxy groups -OCH3 is 1. The number of benzene rings is 3. The lowest BCUT2D eigenvalue weighted by molar-refractivity contribution is 0.414. The minimum atomic E-state index is -0.0753. The third kappa shape index (κ3) is 3.60. The monoisotopic (exact) mass is 404 g/mol. The topological polar surface area (TPSA) is 44.1 Å². The van der Waals surface area contributed by atoms with Gasteiger partial charge in [-0.2, -0.15) is 5.10 Å². The van der Waals surface area contributed by atoms with Gasteiger partial charge in [0, 0.05) is 5.39 Å². The maximum absolute atomic E-state index is 12.8. The lowest BCUT2D eigenvalue weighted by Gasteiger charge is -2.04. The minimum Gasteiger partial charge on any atom is -0.497 e. The Kier molecular flexibility index (Phi) is 4.81. The van der Waals surface area contributed by atoms with Crippen LogP contribution in [0.1, 0.15) is 11.3 Å². The molecule has 0 saturated carbocycles. The number of hydrogen-bond donors (Lipinski definition) is 0. The number of rotatable bonds is 4. The van der Waals surface area contributed by atoms with Gasteiger partial charge >= 0.3 is 0 Å². The normalized spacial score (nSPS) is 11.4. The third-order valence-corrected chi connectivity index (χ3v) is 5.33. The zero-order valence-electron chi connectivity index (χ0n) is 17.0. The number of nitrogens with zero attached hydrogens (tertiary/aromatic N) is 2. The summed E-state index contributed by atoms with van der Waals surface area (Å²) >= 11 is 0. The minimum absolute atomic E-state index is 0.0753. The van der Waals surface area contributed by atoms with Crippen LogP contribution in [0.5, 0.6) is 5.75 Å². The van der Waals surface area contributed by atoms with Crippen LogP contribution in [0.2, 0.25) is 0 Å². The Balaban J connectivity index is 1.64. The number of ether oxygens (including phenoxy) is 1. The first-order valence-electron chi connectivity index (χ1n) is 10.1. The molecule has 0 radical (unpaired) electrons. The number of aromatic nitrogens is 2. The molecule has 0 unspecified atom stereocenters. The predicted molar refractivity (Wildman–Crippen MR) is 127 cm³/mol. The van der Waals surface area contributed by atoms with E-state index in [-0.39, 0.29) is 5.43 Å². The Labute approximate surface area is 179 Å². The van der Waals surface area contributed by atoms with Gasteiger partial charge in [-0.25, -0.2) is 4.68 Å². The second kappa shape index (κ2) is 7.92. The van der Waals surface area contributed by atoms with Gasteiger partial charge in [0.05, 0.1) is 18.5 Å². The average molecular weight is 404 g/mol. The average Bonchev–Trinajstić information content (AvgIpc) is 3.07. The van der Waals surface area contributed by atoms with Crippen LogP contribution in [-0.4, -0.2) is 16.9 Å². The second-order valence-electron chi connectivity index (χ2n) is 7.28. The van der Waals surface area contributed by atoms with Crippen molar-refractivity contribution in [2.75, 3.05) is 7.11 Å². The van der Waals surface area contributed by atoms with E-state index in [0.29, 0.717) is 5.52 Å². The molecule has 5 aromatic rings. The molecule has 0 aliphatic carbocycles. The van der Waals surface area contributed by atoms with Gasteiger partial charge < -0.3 is 4.74 Å². The van der Waals surface area contributed by atoms with Gasteiger partial charge in [0.25, 0.3) is 0 Å². The van der Waals surface area contributed by atoms with Crippen molar-refractivity contribution in [2.24, 2.45) is 0 Å². The van der Waals surface area contributed by atoms with E-state index in [1.807, 2.05) is 60.7 Å². The van der Waals surface area contributed by atoms with Crippen LogP contribution in [0.25, 0.3) is 39.5 Å². The van der Waals surface area contributed by atoms with Gasteiger partial charge in [-0.15, -0.1) is 0 Å². The Bertz CT molecular complexity index is 1480. The Morgan fingerprint density at radius 2 is 1.55 bits per heavy atom. The van der Waals surface area contributed by atoms with Crippen molar-refractivity contribution in [3.8, 4) is 11.4 Å². The molecule has 1 heterocycles. The maximum atomic E-state index is 12.8. The van der Waals surface area contributed by atoms with E-state index in [2.05, 4.69) is 30.3 Å². The number of hydrogen-bond acceptors (Lipinski definition) is 3. The van der Waals surface area contributed by atoms with Crippen molar-refractivity contribution in [2.45, 2.75) is 0 Å². The molecule has 4 nitrogen and oxygen atoms in total. The van der Waals surface area contributed by atoms with Crippen LogP contribution in [0.3, 0.4) is 0 Å². The van der Waals surface area contributed by atoms with Crippen molar-refractivity contribution in [3.05, 3.63) is 112 Å². The molecule has 1 aromatic heterocycles. The highest BCUT2D eigenvalue weighted by Crippen LogP contribution is 2.23. The fourth-order valence-electron chi connectivity index (χ4n) is 3.74. The van der Waals surface area contributed by atoms with Gasteiger partial charge in [0.15, 0.2) is 0 Å². The molecule has 150 valence electrons. The summed E-state index contributed by atoms with van der Waals surface area (Å²) in [5.41, 5.74) is 3.10. The first-order chi connectivity index (χ1) is 15.2. The Morgan fingerprint density at radius 3 is 2.35 bits per heavy atom. The summed E-state index contributed by atoms with van der Waals surface area (Å²) in [7, 11) is 1.63. The lowest BCUT2D eigenvalue weighted by Crippen LogP contribution is -2.05. The van der Waals surface area contributed by atoms with Gasteiger partial charge in [0.2, 0.25) is 5.43 Å². The quantitative estimate of drug-likeness (QED) is 0.385. The molecule has 0 bridgehead atoms. The zero-order chi connectivity index (χ0) is 21.2. The molecule has 0 atom stereocenters. The van der Waals surface area contributed by atoms with E-state index in [1.54, 1.807) is 23.9 Å². The third-order valence-electron chi connectivity index (χ3n) is 5.33. The fourth-order valence-corrected chi connectivity index (χ4v) is 3.74. The highest BCUT2D eigenvalue weighted by Gasteiger charge is 2.12. The summed E-state index contributed by atoms with van der Waals surface area (Å²) in [6, 6.07) is 29.3. The summed E-state index contributed by atoms with van der Waals surface area (Å²) in [4.78, 5) is 12.8. The SMILES string of the molecule is COc1ccc(-n2nc(/C=C/c3ccc4ccccc4c3)c3ccccc(=O)c32)cc1. The molecule has 0 fully saturated rings. The maximum Gasteiger partial charge on any atom is 0.204 e. The van der Waals surface area contributed by atoms with Gasteiger partial charge in [-0.3, -0.25) is 4.79 Å². The Hall–Kier alpha value is -4.18. The molecule has 31 heavy (non-hydrogen) atoms. The number of fused-ring (bicyclic) bond motifs is 2. The van der Waals surface area contributed by atoms with E-state index in [9.17, 15) is 4.79 Å². The summed E-state index contributed by atoms with van der Waals surface area (Å²) < 4.78 is 6.96. The van der Waals surface area contributed by atoms with E-state index in [0.717, 1.165) is 28.1 Å². The van der Waals surface area contributed by atoms with E-state index in [4.69, 9.17) is 9.84 Å². The molecule has 0 saturated heterocycles. The van der Waals surface area contributed by atoms with E-state index >= 15 is 0 Å². The fraction of sp³-hybridized carbons (Fsp3) is 0.0370. The highest BCUT2D eigenvalue weighted by atomic mass is 16.5. The molecule has 4 aromatic carbocycles. The van der Waals surface area contributed by atoms with Crippen molar-refractivity contribution in [1.29, 1.82) is 0 Å². The molecule has 0 amide bonds. The van der Waals surface area contributed by atoms with Gasteiger partial charge in [-0.05, 0) is 58.8 Å². The summed E-state index contributed by atoms with van der Waals surface area (Å²) in [6.07, 6.45) is 4.00. The summed E-state index contributed by atoms with van der Waals surface area (Å²) in [6.45, 7) is 0. The van der Waals surface area contributed by atoms with E-state index < -0.39 is 0 Å².